The SMILES string of the molecule is CCn1nc(C)c(Br)c1CC(O)c1cc(F)cc(Cl)c1. The van der Waals surface area contributed by atoms with Gasteiger partial charge in [-0.25, -0.2) is 4.39 Å². The molecule has 1 aromatic carbocycles. The van der Waals surface area contributed by atoms with Crippen LogP contribution in [0.3, 0.4) is 0 Å². The highest BCUT2D eigenvalue weighted by Crippen LogP contribution is 2.28. The van der Waals surface area contributed by atoms with E-state index in [9.17, 15) is 9.50 Å². The number of aromatic nitrogens is 2. The average Bonchev–Trinajstić information content (AvgIpc) is 2.65. The molecule has 1 atom stereocenters. The first-order chi connectivity index (χ1) is 9.42. The molecule has 1 N–H and O–H groups in total. The van der Waals surface area contributed by atoms with Gasteiger partial charge in [0.05, 0.1) is 22.0 Å². The van der Waals surface area contributed by atoms with Crippen molar-refractivity contribution >= 4 is 27.5 Å². The van der Waals surface area contributed by atoms with Gasteiger partial charge in [0.2, 0.25) is 0 Å². The number of aliphatic hydroxyl groups is 1. The Labute approximate surface area is 130 Å². The maximum absolute atomic E-state index is 13.3. The maximum atomic E-state index is 13.3. The Kier molecular flexibility index (Phi) is 4.83. The van der Waals surface area contributed by atoms with E-state index in [4.69, 9.17) is 11.6 Å². The summed E-state index contributed by atoms with van der Waals surface area (Å²) in [6, 6.07) is 4.08. The van der Waals surface area contributed by atoms with Crippen LogP contribution in [0, 0.1) is 12.7 Å². The number of nitrogens with zero attached hydrogens (tertiary/aromatic N) is 2. The second-order valence-corrected chi connectivity index (χ2v) is 5.81. The van der Waals surface area contributed by atoms with Gasteiger partial charge in [-0.1, -0.05) is 11.6 Å². The summed E-state index contributed by atoms with van der Waals surface area (Å²) >= 11 is 9.29. The molecule has 20 heavy (non-hydrogen) atoms. The Bertz CT molecular complexity index is 610. The summed E-state index contributed by atoms with van der Waals surface area (Å²) in [5.74, 6) is -0.453. The van der Waals surface area contributed by atoms with Gasteiger partial charge in [-0.05, 0) is 53.5 Å². The minimum absolute atomic E-state index is 0.276. The third-order valence-electron chi connectivity index (χ3n) is 3.11. The Balaban J connectivity index is 2.29. The second-order valence-electron chi connectivity index (χ2n) is 4.58. The predicted octanol–water partition coefficient (Wildman–Crippen LogP) is 4.04. The van der Waals surface area contributed by atoms with Gasteiger partial charge in [0.1, 0.15) is 5.82 Å². The summed E-state index contributed by atoms with van der Waals surface area (Å²) in [6.45, 7) is 4.58. The fourth-order valence-corrected chi connectivity index (χ4v) is 2.81. The zero-order valence-electron chi connectivity index (χ0n) is 11.2. The van der Waals surface area contributed by atoms with Crippen molar-refractivity contribution in [3.05, 3.63) is 50.5 Å². The molecular weight excluding hydrogens is 347 g/mol. The number of benzene rings is 1. The maximum Gasteiger partial charge on any atom is 0.125 e. The summed E-state index contributed by atoms with van der Waals surface area (Å²) in [5, 5.41) is 14.9. The van der Waals surface area contributed by atoms with Crippen LogP contribution in [0.1, 0.15) is 30.0 Å². The van der Waals surface area contributed by atoms with Gasteiger partial charge < -0.3 is 5.11 Å². The minimum atomic E-state index is -0.833. The Morgan fingerprint density at radius 3 is 2.75 bits per heavy atom. The first kappa shape index (κ1) is 15.5. The van der Waals surface area contributed by atoms with Crippen LogP contribution in [-0.2, 0) is 13.0 Å². The van der Waals surface area contributed by atoms with Crippen molar-refractivity contribution in [3.8, 4) is 0 Å². The number of halogens is 3. The van der Waals surface area contributed by atoms with Crippen LogP contribution in [-0.4, -0.2) is 14.9 Å². The molecule has 2 aromatic rings. The van der Waals surface area contributed by atoms with Crippen molar-refractivity contribution in [2.75, 3.05) is 0 Å². The van der Waals surface area contributed by atoms with Crippen LogP contribution in [0.15, 0.2) is 22.7 Å². The van der Waals surface area contributed by atoms with Crippen molar-refractivity contribution in [2.45, 2.75) is 32.9 Å². The lowest BCUT2D eigenvalue weighted by Crippen LogP contribution is -2.09. The highest BCUT2D eigenvalue weighted by atomic mass is 79.9. The van der Waals surface area contributed by atoms with Crippen LogP contribution in [0.4, 0.5) is 4.39 Å². The van der Waals surface area contributed by atoms with Gasteiger partial charge in [0.15, 0.2) is 0 Å². The quantitative estimate of drug-likeness (QED) is 0.892. The zero-order chi connectivity index (χ0) is 14.9. The summed E-state index contributed by atoms with van der Waals surface area (Å²) in [6.07, 6.45) is -0.490. The molecule has 0 spiro atoms. The largest absolute Gasteiger partial charge is 0.388 e. The standard InChI is InChI=1S/C14H15BrClFN2O/c1-3-19-12(14(15)8(2)18-19)7-13(20)9-4-10(16)6-11(17)5-9/h4-6,13,20H,3,7H2,1-2H3. The molecule has 2 rings (SSSR count). The molecule has 0 fully saturated rings. The molecule has 1 aromatic heterocycles. The molecule has 0 amide bonds. The van der Waals surface area contributed by atoms with Gasteiger partial charge in [-0.2, -0.15) is 5.10 Å². The smallest absolute Gasteiger partial charge is 0.125 e. The van der Waals surface area contributed by atoms with Gasteiger partial charge in [-0.3, -0.25) is 4.68 Å². The second kappa shape index (κ2) is 6.24. The molecule has 0 aliphatic carbocycles. The molecule has 1 heterocycles. The molecule has 0 radical (unpaired) electrons. The molecule has 6 heteroatoms. The van der Waals surface area contributed by atoms with Gasteiger partial charge in [-0.15, -0.1) is 0 Å². The van der Waals surface area contributed by atoms with E-state index in [0.29, 0.717) is 18.5 Å². The lowest BCUT2D eigenvalue weighted by atomic mass is 10.0. The van der Waals surface area contributed by atoms with E-state index in [-0.39, 0.29) is 5.02 Å². The summed E-state index contributed by atoms with van der Waals surface area (Å²) in [7, 11) is 0. The van der Waals surface area contributed by atoms with E-state index < -0.39 is 11.9 Å². The Morgan fingerprint density at radius 1 is 1.45 bits per heavy atom. The average molecular weight is 362 g/mol. The van der Waals surface area contributed by atoms with Crippen molar-refractivity contribution in [3.63, 3.8) is 0 Å². The Hall–Kier alpha value is -0.910. The zero-order valence-corrected chi connectivity index (χ0v) is 13.5. The number of hydrogen-bond donors (Lipinski definition) is 1. The van der Waals surface area contributed by atoms with Crippen LogP contribution in [0.25, 0.3) is 0 Å². The number of rotatable bonds is 4. The number of aryl methyl sites for hydroxylation is 2. The first-order valence-corrected chi connectivity index (χ1v) is 7.45. The molecule has 1 unspecified atom stereocenters. The molecule has 108 valence electrons. The minimum Gasteiger partial charge on any atom is -0.388 e. The normalized spacial score (nSPS) is 12.7. The van der Waals surface area contributed by atoms with Crippen LogP contribution < -0.4 is 0 Å². The van der Waals surface area contributed by atoms with E-state index in [2.05, 4.69) is 21.0 Å². The van der Waals surface area contributed by atoms with E-state index >= 15 is 0 Å². The van der Waals surface area contributed by atoms with Crippen molar-refractivity contribution in [1.82, 2.24) is 9.78 Å². The third-order valence-corrected chi connectivity index (χ3v) is 4.36. The van der Waals surface area contributed by atoms with Gasteiger partial charge >= 0.3 is 0 Å². The molecule has 0 saturated carbocycles. The van der Waals surface area contributed by atoms with Crippen LogP contribution in [0.2, 0.25) is 5.02 Å². The first-order valence-electron chi connectivity index (χ1n) is 6.28. The van der Waals surface area contributed by atoms with E-state index in [1.165, 1.54) is 12.1 Å². The molecule has 3 nitrogen and oxygen atoms in total. The van der Waals surface area contributed by atoms with Crippen molar-refractivity contribution in [1.29, 1.82) is 0 Å². The van der Waals surface area contributed by atoms with Gasteiger partial charge in [0, 0.05) is 18.0 Å². The van der Waals surface area contributed by atoms with Crippen LogP contribution >= 0.6 is 27.5 Å². The van der Waals surface area contributed by atoms with Crippen molar-refractivity contribution < 1.29 is 9.50 Å². The van der Waals surface area contributed by atoms with Crippen molar-refractivity contribution in [2.24, 2.45) is 0 Å². The van der Waals surface area contributed by atoms with Gasteiger partial charge in [0.25, 0.3) is 0 Å². The van der Waals surface area contributed by atoms with E-state index in [1.54, 1.807) is 6.07 Å². The fourth-order valence-electron chi connectivity index (χ4n) is 2.13. The molecule has 0 aliphatic heterocycles. The molecule has 0 bridgehead atoms. The number of aliphatic hydroxyl groups excluding tert-OH is 1. The lowest BCUT2D eigenvalue weighted by molar-refractivity contribution is 0.175. The Morgan fingerprint density at radius 2 is 2.15 bits per heavy atom. The van der Waals surface area contributed by atoms with E-state index in [1.807, 2.05) is 18.5 Å². The number of hydrogen-bond acceptors (Lipinski definition) is 2. The summed E-state index contributed by atoms with van der Waals surface area (Å²) in [5.41, 5.74) is 2.22. The molecule has 0 saturated heterocycles. The summed E-state index contributed by atoms with van der Waals surface area (Å²) < 4.78 is 16.0. The fraction of sp³-hybridized carbons (Fsp3) is 0.357. The topological polar surface area (TPSA) is 38.0 Å². The third kappa shape index (κ3) is 3.22. The molecular formula is C14H15BrClFN2O. The summed E-state index contributed by atoms with van der Waals surface area (Å²) in [4.78, 5) is 0. The highest BCUT2D eigenvalue weighted by molar-refractivity contribution is 9.10. The monoisotopic (exact) mass is 360 g/mol. The van der Waals surface area contributed by atoms with E-state index in [0.717, 1.165) is 15.9 Å². The lowest BCUT2D eigenvalue weighted by Gasteiger charge is -2.13. The predicted molar refractivity (Wildman–Crippen MR) is 80.4 cm³/mol. The van der Waals surface area contributed by atoms with Crippen LogP contribution in [0.5, 0.6) is 0 Å². The highest BCUT2D eigenvalue weighted by Gasteiger charge is 2.18. The molecule has 0 aliphatic rings.